The van der Waals surface area contributed by atoms with Crippen molar-refractivity contribution in [1.82, 2.24) is 10.1 Å². The maximum absolute atomic E-state index is 5.80. The molecule has 1 atom stereocenters. The summed E-state index contributed by atoms with van der Waals surface area (Å²) in [6.07, 6.45) is 2.25. The zero-order chi connectivity index (χ0) is 13.4. The predicted octanol–water partition coefficient (Wildman–Crippen LogP) is 3.18. The molecule has 1 aliphatic carbocycles. The Morgan fingerprint density at radius 1 is 1.42 bits per heavy atom. The van der Waals surface area contributed by atoms with Crippen molar-refractivity contribution in [3.8, 4) is 11.5 Å². The predicted molar refractivity (Wildman–Crippen MR) is 74.3 cm³/mol. The molecule has 0 bridgehead atoms. The molecule has 0 amide bonds. The average Bonchev–Trinajstić information content (AvgIpc) is 3.06. The molecule has 2 N–H and O–H groups in total. The number of hydrogen-bond acceptors (Lipinski definition) is 5. The van der Waals surface area contributed by atoms with Crippen LogP contribution in [0.25, 0.3) is 11.5 Å². The van der Waals surface area contributed by atoms with E-state index in [0.29, 0.717) is 23.3 Å². The third-order valence-electron chi connectivity index (χ3n) is 3.17. The van der Waals surface area contributed by atoms with Gasteiger partial charge in [0, 0.05) is 22.8 Å². The Bertz CT molecular complexity index is 575. The van der Waals surface area contributed by atoms with Crippen LogP contribution in [0.1, 0.15) is 24.8 Å². The van der Waals surface area contributed by atoms with E-state index in [9.17, 15) is 0 Å². The highest BCUT2D eigenvalue weighted by Crippen LogP contribution is 2.42. The Morgan fingerprint density at radius 3 is 2.84 bits per heavy atom. The second-order valence-corrected chi connectivity index (χ2v) is 5.64. The number of hydrogen-bond donors (Lipinski definition) is 1. The van der Waals surface area contributed by atoms with Gasteiger partial charge in [-0.2, -0.15) is 4.98 Å². The highest BCUT2D eigenvalue weighted by molar-refractivity contribution is 9.10. The molecule has 1 heterocycles. The fraction of sp³-hybridized carbons (Fsp3) is 0.385. The summed E-state index contributed by atoms with van der Waals surface area (Å²) in [4.78, 5) is 4.42. The number of aromatic nitrogens is 2. The van der Waals surface area contributed by atoms with Gasteiger partial charge in [0.25, 0.3) is 5.89 Å². The molecule has 5 nitrogen and oxygen atoms in total. The molecule has 1 aliphatic rings. The van der Waals surface area contributed by atoms with Crippen molar-refractivity contribution in [2.45, 2.75) is 18.9 Å². The SMILES string of the molecule is COC(c1noc(-c2cc(N)cc(Br)c2)n1)C1CC1. The van der Waals surface area contributed by atoms with Gasteiger partial charge in [-0.3, -0.25) is 0 Å². The minimum absolute atomic E-state index is 0.0676. The highest BCUT2D eigenvalue weighted by atomic mass is 79.9. The standard InChI is InChI=1S/C13H14BrN3O2/c1-18-11(7-2-3-7)12-16-13(19-17-12)8-4-9(14)6-10(15)5-8/h4-7,11H,2-3,15H2,1H3. The zero-order valence-corrected chi connectivity index (χ0v) is 12.1. The van der Waals surface area contributed by atoms with E-state index in [1.54, 1.807) is 13.2 Å². The Morgan fingerprint density at radius 2 is 2.21 bits per heavy atom. The van der Waals surface area contributed by atoms with Crippen molar-refractivity contribution in [3.63, 3.8) is 0 Å². The first-order chi connectivity index (χ1) is 9.17. The van der Waals surface area contributed by atoms with E-state index in [2.05, 4.69) is 26.1 Å². The number of halogens is 1. The topological polar surface area (TPSA) is 74.2 Å². The smallest absolute Gasteiger partial charge is 0.258 e. The van der Waals surface area contributed by atoms with Crippen molar-refractivity contribution >= 4 is 21.6 Å². The van der Waals surface area contributed by atoms with Gasteiger partial charge in [0.05, 0.1) is 0 Å². The molecule has 0 spiro atoms. The highest BCUT2D eigenvalue weighted by Gasteiger charge is 2.35. The zero-order valence-electron chi connectivity index (χ0n) is 10.5. The lowest BCUT2D eigenvalue weighted by atomic mass is 10.2. The van der Waals surface area contributed by atoms with Gasteiger partial charge >= 0.3 is 0 Å². The van der Waals surface area contributed by atoms with Crippen LogP contribution >= 0.6 is 15.9 Å². The second kappa shape index (κ2) is 4.94. The molecule has 3 rings (SSSR count). The molecular weight excluding hydrogens is 310 g/mol. The number of ether oxygens (including phenoxy) is 1. The van der Waals surface area contributed by atoms with Gasteiger partial charge in [0.2, 0.25) is 5.82 Å². The van der Waals surface area contributed by atoms with Crippen molar-refractivity contribution in [1.29, 1.82) is 0 Å². The van der Waals surface area contributed by atoms with E-state index < -0.39 is 0 Å². The minimum Gasteiger partial charge on any atom is -0.399 e. The van der Waals surface area contributed by atoms with Gasteiger partial charge in [-0.1, -0.05) is 21.1 Å². The lowest BCUT2D eigenvalue weighted by Crippen LogP contribution is -2.05. The van der Waals surface area contributed by atoms with Crippen LogP contribution in [-0.4, -0.2) is 17.3 Å². The summed E-state index contributed by atoms with van der Waals surface area (Å²) >= 11 is 3.40. The summed E-state index contributed by atoms with van der Waals surface area (Å²) in [6, 6.07) is 5.52. The summed E-state index contributed by atoms with van der Waals surface area (Å²) in [5, 5.41) is 4.02. The first-order valence-electron chi connectivity index (χ1n) is 6.10. The maximum atomic E-state index is 5.80. The maximum Gasteiger partial charge on any atom is 0.258 e. The number of nitrogens with two attached hydrogens (primary N) is 1. The molecule has 1 saturated carbocycles. The van der Waals surface area contributed by atoms with Crippen LogP contribution in [0, 0.1) is 5.92 Å². The van der Waals surface area contributed by atoms with Crippen LogP contribution in [0.5, 0.6) is 0 Å². The van der Waals surface area contributed by atoms with Crippen LogP contribution in [0.2, 0.25) is 0 Å². The third kappa shape index (κ3) is 2.64. The molecule has 1 fully saturated rings. The molecule has 1 unspecified atom stereocenters. The summed E-state index contributed by atoms with van der Waals surface area (Å²) in [7, 11) is 1.68. The van der Waals surface area contributed by atoms with E-state index in [1.807, 2.05) is 12.1 Å². The van der Waals surface area contributed by atoms with Gasteiger partial charge in [0.1, 0.15) is 6.10 Å². The summed E-state index contributed by atoms with van der Waals surface area (Å²) in [5.74, 6) is 1.59. The Labute approximate surface area is 119 Å². The number of nitrogen functional groups attached to an aromatic ring is 1. The van der Waals surface area contributed by atoms with Gasteiger partial charge in [-0.25, -0.2) is 0 Å². The number of rotatable bonds is 4. The number of anilines is 1. The van der Waals surface area contributed by atoms with Gasteiger partial charge in [-0.05, 0) is 37.0 Å². The lowest BCUT2D eigenvalue weighted by molar-refractivity contribution is 0.0751. The van der Waals surface area contributed by atoms with Crippen LogP contribution in [0.15, 0.2) is 27.2 Å². The lowest BCUT2D eigenvalue weighted by Gasteiger charge is -2.08. The van der Waals surface area contributed by atoms with Crippen LogP contribution in [0.4, 0.5) is 5.69 Å². The molecule has 1 aromatic carbocycles. The van der Waals surface area contributed by atoms with E-state index in [0.717, 1.165) is 22.9 Å². The number of methoxy groups -OCH3 is 1. The van der Waals surface area contributed by atoms with Gasteiger partial charge in [0.15, 0.2) is 0 Å². The third-order valence-corrected chi connectivity index (χ3v) is 3.63. The quantitative estimate of drug-likeness (QED) is 0.874. The molecule has 19 heavy (non-hydrogen) atoms. The minimum atomic E-state index is -0.0676. The largest absolute Gasteiger partial charge is 0.399 e. The van der Waals surface area contributed by atoms with Crippen molar-refractivity contribution in [3.05, 3.63) is 28.5 Å². The summed E-state index contributed by atoms with van der Waals surface area (Å²) < 4.78 is 11.6. The molecule has 0 saturated heterocycles. The van der Waals surface area contributed by atoms with Gasteiger partial charge in [-0.15, -0.1) is 0 Å². The van der Waals surface area contributed by atoms with E-state index in [4.69, 9.17) is 15.0 Å². The van der Waals surface area contributed by atoms with Crippen molar-refractivity contribution < 1.29 is 9.26 Å². The number of nitrogens with zero attached hydrogens (tertiary/aromatic N) is 2. The first-order valence-corrected chi connectivity index (χ1v) is 6.89. The Balaban J connectivity index is 1.91. The van der Waals surface area contributed by atoms with Crippen LogP contribution in [0.3, 0.4) is 0 Å². The molecule has 0 radical (unpaired) electrons. The normalized spacial score (nSPS) is 16.5. The number of benzene rings is 1. The second-order valence-electron chi connectivity index (χ2n) is 4.72. The fourth-order valence-corrected chi connectivity index (χ4v) is 2.62. The van der Waals surface area contributed by atoms with Crippen LogP contribution in [-0.2, 0) is 4.74 Å². The molecular formula is C13H14BrN3O2. The van der Waals surface area contributed by atoms with E-state index in [1.165, 1.54) is 0 Å². The Kier molecular flexibility index (Phi) is 3.28. The van der Waals surface area contributed by atoms with Crippen molar-refractivity contribution in [2.75, 3.05) is 12.8 Å². The Hall–Kier alpha value is -1.40. The van der Waals surface area contributed by atoms with Crippen molar-refractivity contribution in [2.24, 2.45) is 5.92 Å². The van der Waals surface area contributed by atoms with E-state index >= 15 is 0 Å². The first kappa shape index (κ1) is 12.6. The molecule has 2 aromatic rings. The summed E-state index contributed by atoms with van der Waals surface area (Å²) in [6.45, 7) is 0. The van der Waals surface area contributed by atoms with E-state index in [-0.39, 0.29) is 6.10 Å². The molecule has 6 heteroatoms. The van der Waals surface area contributed by atoms with Crippen LogP contribution < -0.4 is 5.73 Å². The van der Waals surface area contributed by atoms with Gasteiger partial charge < -0.3 is 15.0 Å². The average molecular weight is 324 g/mol. The fourth-order valence-electron chi connectivity index (χ4n) is 2.11. The molecule has 100 valence electrons. The molecule has 0 aliphatic heterocycles. The summed E-state index contributed by atoms with van der Waals surface area (Å²) in [5.41, 5.74) is 7.25. The monoisotopic (exact) mass is 323 g/mol. The molecule has 1 aromatic heterocycles.